The third kappa shape index (κ3) is 9.27. The molecule has 1 fully saturated rings. The van der Waals surface area contributed by atoms with Gasteiger partial charge in [0, 0.05) is 43.3 Å². The molecule has 5 N–H and O–H groups in total. The average Bonchev–Trinajstić information content (AvgIpc) is 3.13. The van der Waals surface area contributed by atoms with Gasteiger partial charge >= 0.3 is 5.97 Å². The number of nitrogens with one attached hydrogen (secondary N) is 2. The molecule has 11 nitrogen and oxygen atoms in total. The van der Waals surface area contributed by atoms with Gasteiger partial charge in [-0.2, -0.15) is 0 Å². The Kier molecular flexibility index (Phi) is 12.3. The Morgan fingerprint density at radius 3 is 2.33 bits per heavy atom. The van der Waals surface area contributed by atoms with Crippen molar-refractivity contribution in [3.05, 3.63) is 119 Å². The lowest BCUT2D eigenvalue weighted by Gasteiger charge is -2.36. The molecule has 1 aliphatic heterocycles. The fourth-order valence-corrected chi connectivity index (χ4v) is 6.39. The number of aromatic carboxylic acids is 1. The van der Waals surface area contributed by atoms with Crippen LogP contribution in [0.4, 0.5) is 0 Å². The zero-order chi connectivity index (χ0) is 33.9. The van der Waals surface area contributed by atoms with Crippen molar-refractivity contribution in [2.75, 3.05) is 5.75 Å². The van der Waals surface area contributed by atoms with E-state index in [0.29, 0.717) is 30.2 Å². The van der Waals surface area contributed by atoms with Crippen LogP contribution in [0, 0.1) is 0 Å². The van der Waals surface area contributed by atoms with Crippen molar-refractivity contribution in [3.8, 4) is 11.1 Å². The summed E-state index contributed by atoms with van der Waals surface area (Å²) in [7, 11) is 0. The highest BCUT2D eigenvalue weighted by atomic mass is 32.2. The molecule has 3 aromatic carbocycles. The minimum atomic E-state index is -1.04. The second-order valence-corrected chi connectivity index (χ2v) is 12.3. The molecule has 1 aliphatic rings. The van der Waals surface area contributed by atoms with E-state index in [9.17, 15) is 24.6 Å². The van der Waals surface area contributed by atoms with Gasteiger partial charge in [0.25, 0.3) is 0 Å². The fourth-order valence-electron chi connectivity index (χ4n) is 5.39. The first-order valence-electron chi connectivity index (χ1n) is 15.5. The molecule has 1 saturated heterocycles. The number of ether oxygens (including phenoxy) is 2. The number of carboxylic acids is 1. The predicted octanol–water partition coefficient (Wildman–Crippen LogP) is 5.57. The zero-order valence-electron chi connectivity index (χ0n) is 26.1. The Morgan fingerprint density at radius 1 is 0.875 bits per heavy atom. The molecular formula is C36H37N3O8S. The van der Waals surface area contributed by atoms with Gasteiger partial charge in [0.05, 0.1) is 24.4 Å². The maximum absolute atomic E-state index is 12.3. The highest BCUT2D eigenvalue weighted by Gasteiger charge is 2.32. The first kappa shape index (κ1) is 34.7. The molecule has 2 heterocycles. The van der Waals surface area contributed by atoms with Crippen molar-refractivity contribution in [1.82, 2.24) is 15.8 Å². The molecule has 0 radical (unpaired) electrons. The van der Waals surface area contributed by atoms with Crippen molar-refractivity contribution in [3.63, 3.8) is 0 Å². The molecule has 0 saturated carbocycles. The molecule has 4 aromatic rings. The molecule has 2 amide bonds. The first-order valence-corrected chi connectivity index (χ1v) is 16.5. The predicted molar refractivity (Wildman–Crippen MR) is 178 cm³/mol. The minimum absolute atomic E-state index is 0.0554. The lowest BCUT2D eigenvalue weighted by molar-refractivity contribution is -0.245. The van der Waals surface area contributed by atoms with Gasteiger partial charge in [-0.25, -0.2) is 15.3 Å². The molecule has 1 aromatic heterocycles. The monoisotopic (exact) mass is 671 g/mol. The lowest BCUT2D eigenvalue weighted by atomic mass is 9.97. The summed E-state index contributed by atoms with van der Waals surface area (Å²) < 4.78 is 12.9. The van der Waals surface area contributed by atoms with E-state index in [1.807, 2.05) is 72.8 Å². The Hall–Kier alpha value is -4.59. The molecule has 0 spiro atoms. The van der Waals surface area contributed by atoms with Gasteiger partial charge in [0.2, 0.25) is 11.8 Å². The quantitative estimate of drug-likeness (QED) is 0.0650. The fraction of sp³-hybridized carbons (Fsp3) is 0.278. The molecule has 3 atom stereocenters. The van der Waals surface area contributed by atoms with E-state index in [1.54, 1.807) is 17.7 Å². The Labute approximate surface area is 282 Å². The lowest BCUT2D eigenvalue weighted by Crippen LogP contribution is -2.31. The van der Waals surface area contributed by atoms with E-state index in [1.165, 1.54) is 17.8 Å². The van der Waals surface area contributed by atoms with E-state index in [0.717, 1.165) is 33.4 Å². The second-order valence-electron chi connectivity index (χ2n) is 11.3. The summed E-state index contributed by atoms with van der Waals surface area (Å²) in [5, 5.41) is 31.0. The zero-order valence-corrected chi connectivity index (χ0v) is 26.9. The first-order chi connectivity index (χ1) is 23.3. The summed E-state index contributed by atoms with van der Waals surface area (Å²) in [4.78, 5) is 39.5. The van der Waals surface area contributed by atoms with Crippen LogP contribution in [0.3, 0.4) is 0 Å². The highest BCUT2D eigenvalue weighted by Crippen LogP contribution is 2.40. The number of aliphatic hydroxyl groups excluding tert-OH is 1. The minimum Gasteiger partial charge on any atom is -0.478 e. The number of carbonyl (C=O) groups excluding carboxylic acids is 2. The van der Waals surface area contributed by atoms with E-state index >= 15 is 0 Å². The van der Waals surface area contributed by atoms with E-state index in [4.69, 9.17) is 14.7 Å². The topological polar surface area (TPSA) is 167 Å². The van der Waals surface area contributed by atoms with Crippen molar-refractivity contribution >= 4 is 29.5 Å². The molecular weight excluding hydrogens is 634 g/mol. The van der Waals surface area contributed by atoms with Crippen LogP contribution in [-0.4, -0.2) is 50.0 Å². The summed E-state index contributed by atoms with van der Waals surface area (Å²) in [5.41, 5.74) is 7.09. The van der Waals surface area contributed by atoms with E-state index in [-0.39, 0.29) is 43.1 Å². The number of pyridine rings is 1. The summed E-state index contributed by atoms with van der Waals surface area (Å²) in [6.45, 7) is 0.258. The molecule has 48 heavy (non-hydrogen) atoms. The molecule has 0 unspecified atom stereocenters. The number of hydroxylamine groups is 1. The van der Waals surface area contributed by atoms with Crippen LogP contribution >= 0.6 is 11.8 Å². The summed E-state index contributed by atoms with van der Waals surface area (Å²) in [6, 6.07) is 26.4. The second kappa shape index (κ2) is 17.0. The van der Waals surface area contributed by atoms with Crippen LogP contribution in [0.25, 0.3) is 11.1 Å². The van der Waals surface area contributed by atoms with Crippen LogP contribution in [0.2, 0.25) is 0 Å². The molecule has 0 aliphatic carbocycles. The Bertz CT molecular complexity index is 1700. The van der Waals surface area contributed by atoms with Crippen LogP contribution < -0.4 is 10.8 Å². The van der Waals surface area contributed by atoms with Gasteiger partial charge in [0.1, 0.15) is 5.03 Å². The number of hydrogen-bond donors (Lipinski definition) is 5. The summed E-state index contributed by atoms with van der Waals surface area (Å²) in [6.07, 6.45) is 1.41. The van der Waals surface area contributed by atoms with Gasteiger partial charge in [-0.3, -0.25) is 14.8 Å². The van der Waals surface area contributed by atoms with Crippen molar-refractivity contribution in [1.29, 1.82) is 0 Å². The number of thioether (sulfide) groups is 1. The number of rotatable bonds is 14. The van der Waals surface area contributed by atoms with Gasteiger partial charge in [-0.15, -0.1) is 11.8 Å². The van der Waals surface area contributed by atoms with Crippen LogP contribution in [0.15, 0.2) is 96.2 Å². The Balaban J connectivity index is 1.30. The normalized spacial score (nSPS) is 17.4. The van der Waals surface area contributed by atoms with Gasteiger partial charge < -0.3 is 25.0 Å². The van der Waals surface area contributed by atoms with Crippen molar-refractivity contribution in [2.45, 2.75) is 62.4 Å². The third-order valence-electron chi connectivity index (χ3n) is 7.94. The standard InChI is InChI=1S/C36H37N3O8S/c40-21-23-10-12-25(13-11-23)31-19-28(22-48-34-30(35(43)44)7-4-18-37-34)46-36(47-31)26-16-14-24(15-17-26)29-6-2-1-5-27(29)20-38-32(41)8-3-9-33(42)39-45/h1-2,4-7,10-18,28,31,36,40,45H,3,8-9,19-22H2,(H,38,41)(H,39,42)(H,43,44)/t28-,31+,36+/m0/s1. The smallest absolute Gasteiger partial charge is 0.338 e. The number of aromatic nitrogens is 1. The van der Waals surface area contributed by atoms with Gasteiger partial charge in [-0.05, 0) is 46.4 Å². The number of nitrogens with zero attached hydrogens (tertiary/aromatic N) is 1. The van der Waals surface area contributed by atoms with Crippen LogP contribution in [0.1, 0.15) is 70.7 Å². The van der Waals surface area contributed by atoms with Gasteiger partial charge in [0.15, 0.2) is 6.29 Å². The number of amides is 2. The maximum Gasteiger partial charge on any atom is 0.338 e. The largest absolute Gasteiger partial charge is 0.478 e. The average molecular weight is 672 g/mol. The SMILES string of the molecule is O=C(CCCC(=O)NCc1ccccc1-c1ccc([C@@H]2O[C@H](CSc3ncccc3C(=O)O)C[C@H](c3ccc(CO)cc3)O2)cc1)NO. The molecule has 0 bridgehead atoms. The number of aliphatic hydroxyl groups is 1. The van der Waals surface area contributed by atoms with E-state index < -0.39 is 18.2 Å². The molecule has 250 valence electrons. The van der Waals surface area contributed by atoms with Crippen LogP contribution in [-0.2, 0) is 32.2 Å². The Morgan fingerprint density at radius 2 is 1.60 bits per heavy atom. The number of hydrogen-bond acceptors (Lipinski definition) is 9. The van der Waals surface area contributed by atoms with Gasteiger partial charge in [-0.1, -0.05) is 72.8 Å². The van der Waals surface area contributed by atoms with Crippen molar-refractivity contribution in [2.24, 2.45) is 0 Å². The number of benzene rings is 3. The van der Waals surface area contributed by atoms with Crippen LogP contribution in [0.5, 0.6) is 0 Å². The molecule has 12 heteroatoms. The van der Waals surface area contributed by atoms with Crippen molar-refractivity contribution < 1.29 is 39.3 Å². The van der Waals surface area contributed by atoms with E-state index in [2.05, 4.69) is 10.3 Å². The molecule has 5 rings (SSSR count). The maximum atomic E-state index is 12.3. The number of carbonyl (C=O) groups is 3. The third-order valence-corrected chi connectivity index (χ3v) is 9.08. The summed E-state index contributed by atoms with van der Waals surface area (Å²) >= 11 is 1.33. The number of carboxylic acid groups (broad SMARTS) is 1. The highest BCUT2D eigenvalue weighted by molar-refractivity contribution is 7.99. The summed E-state index contributed by atoms with van der Waals surface area (Å²) in [5.74, 6) is -1.28.